The van der Waals surface area contributed by atoms with Gasteiger partial charge in [-0.2, -0.15) is 0 Å². The summed E-state index contributed by atoms with van der Waals surface area (Å²) in [4.78, 5) is 18.8. The van der Waals surface area contributed by atoms with Crippen LogP contribution in [0.5, 0.6) is 0 Å². The lowest BCUT2D eigenvalue weighted by Gasteiger charge is -2.35. The van der Waals surface area contributed by atoms with Gasteiger partial charge in [0, 0.05) is 31.2 Å². The van der Waals surface area contributed by atoms with E-state index in [-0.39, 0.29) is 18.0 Å². The fraction of sp³-hybridized carbons (Fsp3) is 0.889. The van der Waals surface area contributed by atoms with Crippen molar-refractivity contribution in [1.82, 2.24) is 20.9 Å². The van der Waals surface area contributed by atoms with Gasteiger partial charge in [-0.1, -0.05) is 13.3 Å². The van der Waals surface area contributed by atoms with Crippen LogP contribution in [0.15, 0.2) is 4.99 Å². The van der Waals surface area contributed by atoms with E-state index in [9.17, 15) is 4.79 Å². The van der Waals surface area contributed by atoms with Crippen molar-refractivity contribution in [3.8, 4) is 0 Å². The summed E-state index contributed by atoms with van der Waals surface area (Å²) in [6.07, 6.45) is 5.20. The molecule has 0 saturated carbocycles. The van der Waals surface area contributed by atoms with Crippen molar-refractivity contribution in [2.75, 3.05) is 32.7 Å². The average molecular weight is 340 g/mol. The van der Waals surface area contributed by atoms with Crippen LogP contribution in [0, 0.1) is 0 Å². The normalized spacial score (nSPS) is 19.9. The standard InChI is InChI=1S/C18H37N5O/c1-6-15-10-8-9-12-23(15)13-11-20-17(19-7-2)21-14-16(24)22-18(3,4)5/h15H,6-14H2,1-5H3,(H,22,24)(H2,19,20,21). The molecule has 140 valence electrons. The molecule has 1 aliphatic rings. The van der Waals surface area contributed by atoms with Gasteiger partial charge >= 0.3 is 0 Å². The largest absolute Gasteiger partial charge is 0.357 e. The van der Waals surface area contributed by atoms with Crippen LogP contribution in [0.3, 0.4) is 0 Å². The smallest absolute Gasteiger partial charge is 0.242 e. The third kappa shape index (κ3) is 8.52. The number of carbonyl (C=O) groups excluding carboxylic acids is 1. The highest BCUT2D eigenvalue weighted by Crippen LogP contribution is 2.18. The Morgan fingerprint density at radius 3 is 2.58 bits per heavy atom. The number of nitrogens with one attached hydrogen (secondary N) is 3. The topological polar surface area (TPSA) is 68.8 Å². The van der Waals surface area contributed by atoms with Crippen molar-refractivity contribution in [3.63, 3.8) is 0 Å². The zero-order chi connectivity index (χ0) is 18.0. The van der Waals surface area contributed by atoms with Crippen molar-refractivity contribution in [2.45, 2.75) is 71.9 Å². The Labute approximate surface area is 147 Å². The Hall–Kier alpha value is -1.30. The first-order valence-electron chi connectivity index (χ1n) is 9.43. The zero-order valence-corrected chi connectivity index (χ0v) is 16.2. The maximum absolute atomic E-state index is 11.9. The van der Waals surface area contributed by atoms with Gasteiger partial charge in [0.15, 0.2) is 5.96 Å². The molecule has 1 heterocycles. The summed E-state index contributed by atoms with van der Waals surface area (Å²) in [5, 5.41) is 9.48. The molecule has 6 nitrogen and oxygen atoms in total. The molecule has 0 radical (unpaired) electrons. The molecule has 1 atom stereocenters. The minimum atomic E-state index is -0.220. The summed E-state index contributed by atoms with van der Waals surface area (Å²) in [6.45, 7) is 14.2. The summed E-state index contributed by atoms with van der Waals surface area (Å²) in [7, 11) is 0. The zero-order valence-electron chi connectivity index (χ0n) is 16.2. The van der Waals surface area contributed by atoms with E-state index in [1.165, 1.54) is 32.2 Å². The Bertz CT molecular complexity index is 403. The first kappa shape index (κ1) is 20.7. The van der Waals surface area contributed by atoms with Gasteiger partial charge in [-0.15, -0.1) is 0 Å². The van der Waals surface area contributed by atoms with Crippen LogP contribution in [-0.4, -0.2) is 61.1 Å². The van der Waals surface area contributed by atoms with Crippen LogP contribution in [0.25, 0.3) is 0 Å². The van der Waals surface area contributed by atoms with E-state index in [1.807, 2.05) is 27.7 Å². The fourth-order valence-electron chi connectivity index (χ4n) is 3.09. The SMILES string of the molecule is CCNC(=NCC(=O)NC(C)(C)C)NCCN1CCCCC1CC. The fourth-order valence-corrected chi connectivity index (χ4v) is 3.09. The average Bonchev–Trinajstić information content (AvgIpc) is 2.51. The molecule has 0 bridgehead atoms. The third-order valence-corrected chi connectivity index (χ3v) is 4.15. The molecule has 0 aromatic carbocycles. The Morgan fingerprint density at radius 2 is 1.96 bits per heavy atom. The van der Waals surface area contributed by atoms with Crippen LogP contribution in [0.1, 0.15) is 60.3 Å². The number of hydrogen-bond donors (Lipinski definition) is 3. The molecule has 0 aromatic heterocycles. The Morgan fingerprint density at radius 1 is 1.21 bits per heavy atom. The summed E-state index contributed by atoms with van der Waals surface area (Å²) < 4.78 is 0. The van der Waals surface area contributed by atoms with Gasteiger partial charge in [-0.25, -0.2) is 4.99 Å². The van der Waals surface area contributed by atoms with Crippen molar-refractivity contribution < 1.29 is 4.79 Å². The Balaban J connectivity index is 2.41. The summed E-state index contributed by atoms with van der Waals surface area (Å²) in [5.41, 5.74) is -0.220. The molecular weight excluding hydrogens is 302 g/mol. The maximum atomic E-state index is 11.9. The van der Waals surface area contributed by atoms with E-state index in [0.717, 1.165) is 25.7 Å². The maximum Gasteiger partial charge on any atom is 0.242 e. The predicted molar refractivity (Wildman–Crippen MR) is 101 cm³/mol. The molecule has 6 heteroatoms. The molecule has 24 heavy (non-hydrogen) atoms. The quantitative estimate of drug-likeness (QED) is 0.488. The predicted octanol–water partition coefficient (Wildman–Crippen LogP) is 1.72. The van der Waals surface area contributed by atoms with Crippen molar-refractivity contribution in [3.05, 3.63) is 0 Å². The summed E-state index contributed by atoms with van der Waals surface area (Å²) >= 11 is 0. The van der Waals surface area contributed by atoms with Crippen molar-refractivity contribution >= 4 is 11.9 Å². The number of amides is 1. The van der Waals surface area contributed by atoms with Gasteiger partial charge in [0.25, 0.3) is 0 Å². The molecule has 0 aromatic rings. The molecule has 1 rings (SSSR count). The van der Waals surface area contributed by atoms with Gasteiger partial charge in [-0.05, 0) is 53.5 Å². The number of rotatable bonds is 7. The molecule has 0 aliphatic carbocycles. The molecule has 0 spiro atoms. The highest BCUT2D eigenvalue weighted by molar-refractivity contribution is 5.85. The molecule has 3 N–H and O–H groups in total. The van der Waals surface area contributed by atoms with Crippen LogP contribution in [-0.2, 0) is 4.79 Å². The van der Waals surface area contributed by atoms with Gasteiger partial charge < -0.3 is 16.0 Å². The van der Waals surface area contributed by atoms with Gasteiger partial charge in [0.1, 0.15) is 6.54 Å². The number of piperidine rings is 1. The van der Waals surface area contributed by atoms with E-state index >= 15 is 0 Å². The van der Waals surface area contributed by atoms with Crippen molar-refractivity contribution in [2.24, 2.45) is 4.99 Å². The first-order chi connectivity index (χ1) is 11.4. The van der Waals surface area contributed by atoms with Crippen LogP contribution in [0.2, 0.25) is 0 Å². The second-order valence-corrected chi connectivity index (χ2v) is 7.51. The molecular formula is C18H37N5O. The number of likely N-dealkylation sites (tertiary alicyclic amines) is 1. The second-order valence-electron chi connectivity index (χ2n) is 7.51. The monoisotopic (exact) mass is 339 g/mol. The van der Waals surface area contributed by atoms with E-state index in [0.29, 0.717) is 5.96 Å². The molecule has 1 fully saturated rings. The Kier molecular flexibility index (Phi) is 9.11. The summed E-state index contributed by atoms with van der Waals surface area (Å²) in [5.74, 6) is 0.661. The van der Waals surface area contributed by atoms with Crippen LogP contribution < -0.4 is 16.0 Å². The third-order valence-electron chi connectivity index (χ3n) is 4.15. The molecule has 1 aliphatic heterocycles. The van der Waals surface area contributed by atoms with Gasteiger partial charge in [-0.3, -0.25) is 9.69 Å². The first-order valence-corrected chi connectivity index (χ1v) is 9.43. The lowest BCUT2D eigenvalue weighted by molar-refractivity contribution is -0.121. The number of hydrogen-bond acceptors (Lipinski definition) is 3. The lowest BCUT2D eigenvalue weighted by atomic mass is 10.0. The minimum Gasteiger partial charge on any atom is -0.357 e. The van der Waals surface area contributed by atoms with E-state index in [2.05, 4.69) is 32.8 Å². The number of nitrogens with zero attached hydrogens (tertiary/aromatic N) is 2. The van der Waals surface area contributed by atoms with E-state index in [1.54, 1.807) is 0 Å². The van der Waals surface area contributed by atoms with Crippen LogP contribution >= 0.6 is 0 Å². The number of aliphatic imine (C=N–C) groups is 1. The van der Waals surface area contributed by atoms with E-state index in [4.69, 9.17) is 0 Å². The summed E-state index contributed by atoms with van der Waals surface area (Å²) in [6, 6.07) is 0.720. The second kappa shape index (κ2) is 10.5. The van der Waals surface area contributed by atoms with Gasteiger partial charge in [0.05, 0.1) is 0 Å². The molecule has 1 saturated heterocycles. The highest BCUT2D eigenvalue weighted by Gasteiger charge is 2.20. The van der Waals surface area contributed by atoms with Crippen molar-refractivity contribution in [1.29, 1.82) is 0 Å². The number of carbonyl (C=O) groups is 1. The lowest BCUT2D eigenvalue weighted by Crippen LogP contribution is -2.46. The molecule has 1 unspecified atom stereocenters. The van der Waals surface area contributed by atoms with E-state index < -0.39 is 0 Å². The van der Waals surface area contributed by atoms with Crippen LogP contribution in [0.4, 0.5) is 0 Å². The molecule has 1 amide bonds. The minimum absolute atomic E-state index is 0.0539. The van der Waals surface area contributed by atoms with Gasteiger partial charge in [0.2, 0.25) is 5.91 Å². The highest BCUT2D eigenvalue weighted by atomic mass is 16.2. The number of guanidine groups is 1.